The number of halogens is 1. The van der Waals surface area contributed by atoms with Crippen molar-refractivity contribution in [2.45, 2.75) is 11.8 Å². The normalized spacial score (nSPS) is 15.2. The lowest BCUT2D eigenvalue weighted by atomic mass is 10.3. The number of carbonyl (C=O) groups is 1. The van der Waals surface area contributed by atoms with Crippen LogP contribution in [0.3, 0.4) is 0 Å². The molecule has 1 fully saturated rings. The van der Waals surface area contributed by atoms with E-state index >= 15 is 0 Å². The van der Waals surface area contributed by atoms with Crippen LogP contribution in [-0.2, 0) is 14.8 Å². The van der Waals surface area contributed by atoms with Crippen molar-refractivity contribution in [3.63, 3.8) is 0 Å². The van der Waals surface area contributed by atoms with E-state index in [2.05, 4.69) is 0 Å². The van der Waals surface area contributed by atoms with Gasteiger partial charge in [-0.15, -0.1) is 0 Å². The number of nitrogens with zero attached hydrogens (tertiary/aromatic N) is 2. The summed E-state index contributed by atoms with van der Waals surface area (Å²) in [5, 5.41) is 0.479. The Morgan fingerprint density at radius 2 is 1.48 bits per heavy atom. The fraction of sp³-hybridized carbons (Fsp3) is 0.350. The van der Waals surface area contributed by atoms with Gasteiger partial charge in [-0.05, 0) is 55.5 Å². The number of rotatable bonds is 7. The van der Waals surface area contributed by atoms with Gasteiger partial charge in [-0.3, -0.25) is 4.79 Å². The van der Waals surface area contributed by atoms with Gasteiger partial charge in [0.2, 0.25) is 10.0 Å². The van der Waals surface area contributed by atoms with Crippen molar-refractivity contribution in [1.29, 1.82) is 0 Å². The lowest BCUT2D eigenvalue weighted by molar-refractivity contribution is -0.134. The second kappa shape index (κ2) is 9.47. The van der Waals surface area contributed by atoms with E-state index < -0.39 is 10.0 Å². The Labute approximate surface area is 175 Å². The Morgan fingerprint density at radius 1 is 0.931 bits per heavy atom. The molecule has 0 spiro atoms. The van der Waals surface area contributed by atoms with Crippen LogP contribution < -0.4 is 9.47 Å². The first-order valence-electron chi connectivity index (χ1n) is 9.29. The summed E-state index contributed by atoms with van der Waals surface area (Å²) in [6.45, 7) is 3.50. The van der Waals surface area contributed by atoms with Crippen molar-refractivity contribution in [2.24, 2.45) is 0 Å². The third kappa shape index (κ3) is 5.41. The zero-order valence-corrected chi connectivity index (χ0v) is 17.7. The number of amides is 1. The topological polar surface area (TPSA) is 76.2 Å². The number of sulfonamides is 1. The van der Waals surface area contributed by atoms with Gasteiger partial charge in [-0.25, -0.2) is 8.42 Å². The minimum Gasteiger partial charge on any atom is -0.494 e. The van der Waals surface area contributed by atoms with Crippen LogP contribution in [0.4, 0.5) is 0 Å². The second-order valence-corrected chi connectivity index (χ2v) is 8.81. The summed E-state index contributed by atoms with van der Waals surface area (Å²) in [4.78, 5) is 14.2. The molecule has 29 heavy (non-hydrogen) atoms. The molecule has 7 nitrogen and oxygen atoms in total. The van der Waals surface area contributed by atoms with E-state index in [0.717, 1.165) is 5.75 Å². The lowest BCUT2D eigenvalue weighted by Gasteiger charge is -2.34. The Kier molecular flexibility index (Phi) is 7.00. The maximum Gasteiger partial charge on any atom is 0.260 e. The quantitative estimate of drug-likeness (QED) is 0.664. The van der Waals surface area contributed by atoms with Crippen LogP contribution in [0.15, 0.2) is 53.4 Å². The molecule has 0 aromatic heterocycles. The number of hydrogen-bond acceptors (Lipinski definition) is 5. The second-order valence-electron chi connectivity index (χ2n) is 6.43. The Bertz CT molecular complexity index is 924. The Balaban J connectivity index is 1.50. The van der Waals surface area contributed by atoms with E-state index in [1.165, 1.54) is 16.4 Å². The maximum atomic E-state index is 12.7. The summed E-state index contributed by atoms with van der Waals surface area (Å²) in [6.07, 6.45) is 0. The molecule has 0 aliphatic carbocycles. The van der Waals surface area contributed by atoms with Gasteiger partial charge in [-0.2, -0.15) is 4.31 Å². The number of piperazine rings is 1. The molecule has 0 N–H and O–H groups in total. The molecule has 9 heteroatoms. The van der Waals surface area contributed by atoms with Crippen molar-refractivity contribution in [2.75, 3.05) is 39.4 Å². The Hall–Kier alpha value is -2.29. The molecule has 1 aliphatic heterocycles. The van der Waals surface area contributed by atoms with Crippen molar-refractivity contribution in [3.8, 4) is 11.5 Å². The highest BCUT2D eigenvalue weighted by Crippen LogP contribution is 2.20. The average Bonchev–Trinajstić information content (AvgIpc) is 2.73. The van der Waals surface area contributed by atoms with Crippen molar-refractivity contribution in [1.82, 2.24) is 9.21 Å². The van der Waals surface area contributed by atoms with Crippen LogP contribution in [0, 0.1) is 0 Å². The number of carbonyl (C=O) groups excluding carboxylic acids is 1. The molecule has 2 aromatic rings. The van der Waals surface area contributed by atoms with Crippen LogP contribution in [0.5, 0.6) is 11.5 Å². The predicted octanol–water partition coefficient (Wildman–Crippen LogP) is 2.65. The number of ether oxygens (including phenoxy) is 2. The van der Waals surface area contributed by atoms with Crippen LogP contribution >= 0.6 is 11.6 Å². The monoisotopic (exact) mass is 438 g/mol. The zero-order valence-electron chi connectivity index (χ0n) is 16.1. The van der Waals surface area contributed by atoms with E-state index in [0.29, 0.717) is 30.5 Å². The average molecular weight is 439 g/mol. The van der Waals surface area contributed by atoms with Gasteiger partial charge >= 0.3 is 0 Å². The molecule has 0 atom stereocenters. The van der Waals surface area contributed by atoms with E-state index in [1.807, 2.05) is 6.92 Å². The summed E-state index contributed by atoms with van der Waals surface area (Å²) in [6, 6.07) is 13.1. The molecular weight excluding hydrogens is 416 g/mol. The van der Waals surface area contributed by atoms with E-state index in [4.69, 9.17) is 21.1 Å². The molecule has 0 saturated carbocycles. The molecule has 0 radical (unpaired) electrons. The fourth-order valence-electron chi connectivity index (χ4n) is 2.97. The minimum atomic E-state index is -3.60. The summed E-state index contributed by atoms with van der Waals surface area (Å²) in [5.74, 6) is 1.14. The zero-order chi connectivity index (χ0) is 20.9. The molecule has 1 saturated heterocycles. The van der Waals surface area contributed by atoms with Crippen molar-refractivity contribution < 1.29 is 22.7 Å². The largest absolute Gasteiger partial charge is 0.494 e. The standard InChI is InChI=1S/C20H23ClN2O5S/c1-2-27-17-5-7-18(8-6-17)28-15-20(24)22-11-13-23(14-12-22)29(25,26)19-9-3-16(21)4-10-19/h3-10H,2,11-15H2,1H3. The number of benzene rings is 2. The SMILES string of the molecule is CCOc1ccc(OCC(=O)N2CCN(S(=O)(=O)c3ccc(Cl)cc3)CC2)cc1. The van der Waals surface area contributed by atoms with Gasteiger partial charge in [0.1, 0.15) is 11.5 Å². The fourth-order valence-corrected chi connectivity index (χ4v) is 4.52. The molecule has 0 bridgehead atoms. The van der Waals surface area contributed by atoms with Crippen molar-refractivity contribution >= 4 is 27.5 Å². The first-order valence-corrected chi connectivity index (χ1v) is 11.1. The van der Waals surface area contributed by atoms with Gasteiger partial charge in [0.05, 0.1) is 11.5 Å². The lowest BCUT2D eigenvalue weighted by Crippen LogP contribution is -2.51. The Morgan fingerprint density at radius 3 is 2.03 bits per heavy atom. The van der Waals surface area contributed by atoms with Gasteiger partial charge in [0, 0.05) is 31.2 Å². The van der Waals surface area contributed by atoms with E-state index in [9.17, 15) is 13.2 Å². The molecular formula is C20H23ClN2O5S. The van der Waals surface area contributed by atoms with Crippen LogP contribution in [-0.4, -0.2) is 62.9 Å². The molecule has 2 aromatic carbocycles. The molecule has 1 heterocycles. The third-order valence-electron chi connectivity index (χ3n) is 4.54. The van der Waals surface area contributed by atoms with E-state index in [-0.39, 0.29) is 30.5 Å². The summed E-state index contributed by atoms with van der Waals surface area (Å²) >= 11 is 5.83. The van der Waals surface area contributed by atoms with Crippen LogP contribution in [0.2, 0.25) is 5.02 Å². The minimum absolute atomic E-state index is 0.0993. The van der Waals surface area contributed by atoms with Crippen LogP contribution in [0.25, 0.3) is 0 Å². The van der Waals surface area contributed by atoms with E-state index in [1.54, 1.807) is 41.3 Å². The smallest absolute Gasteiger partial charge is 0.260 e. The summed E-state index contributed by atoms with van der Waals surface area (Å²) in [5.41, 5.74) is 0. The molecule has 1 aliphatic rings. The molecule has 156 valence electrons. The first-order chi connectivity index (χ1) is 13.9. The van der Waals surface area contributed by atoms with Gasteiger partial charge < -0.3 is 14.4 Å². The van der Waals surface area contributed by atoms with Crippen LogP contribution in [0.1, 0.15) is 6.92 Å². The maximum absolute atomic E-state index is 12.7. The molecule has 1 amide bonds. The summed E-state index contributed by atoms with van der Waals surface area (Å²) in [7, 11) is -3.60. The van der Waals surface area contributed by atoms with Gasteiger partial charge in [-0.1, -0.05) is 11.6 Å². The highest BCUT2D eigenvalue weighted by atomic mass is 35.5. The molecule has 0 unspecified atom stereocenters. The molecule has 3 rings (SSSR count). The number of hydrogen-bond donors (Lipinski definition) is 0. The highest BCUT2D eigenvalue weighted by molar-refractivity contribution is 7.89. The predicted molar refractivity (Wildman–Crippen MR) is 110 cm³/mol. The third-order valence-corrected chi connectivity index (χ3v) is 6.70. The highest BCUT2D eigenvalue weighted by Gasteiger charge is 2.30. The summed E-state index contributed by atoms with van der Waals surface area (Å²) < 4.78 is 37.7. The van der Waals surface area contributed by atoms with Gasteiger partial charge in [0.15, 0.2) is 6.61 Å². The van der Waals surface area contributed by atoms with Gasteiger partial charge in [0.25, 0.3) is 5.91 Å². The first kappa shape index (κ1) is 21.4. The van der Waals surface area contributed by atoms with Crippen molar-refractivity contribution in [3.05, 3.63) is 53.6 Å².